The van der Waals surface area contributed by atoms with Gasteiger partial charge in [-0.25, -0.2) is 0 Å². The lowest BCUT2D eigenvalue weighted by atomic mass is 10.1. The molecule has 1 fully saturated rings. The van der Waals surface area contributed by atoms with Crippen LogP contribution in [0.25, 0.3) is 0 Å². The van der Waals surface area contributed by atoms with Crippen molar-refractivity contribution < 1.29 is 19.4 Å². The third-order valence-corrected chi connectivity index (χ3v) is 3.65. The Hall–Kier alpha value is -2.04. The summed E-state index contributed by atoms with van der Waals surface area (Å²) < 4.78 is 5.44. The van der Waals surface area contributed by atoms with Gasteiger partial charge in [-0.2, -0.15) is 0 Å². The Morgan fingerprint density at radius 3 is 3.11 bits per heavy atom. The first-order valence-corrected chi connectivity index (χ1v) is 6.41. The van der Waals surface area contributed by atoms with Gasteiger partial charge in [-0.1, -0.05) is 0 Å². The van der Waals surface area contributed by atoms with E-state index in [1.165, 1.54) is 0 Å². The number of anilines is 1. The summed E-state index contributed by atoms with van der Waals surface area (Å²) in [6.45, 7) is 1.18. The molecule has 100 valence electrons. The van der Waals surface area contributed by atoms with Gasteiger partial charge in [0.05, 0.1) is 13.0 Å². The molecule has 1 amide bonds. The molecule has 0 aromatic heterocycles. The van der Waals surface area contributed by atoms with Gasteiger partial charge >= 0.3 is 5.97 Å². The van der Waals surface area contributed by atoms with Crippen molar-refractivity contribution in [3.63, 3.8) is 0 Å². The second kappa shape index (κ2) is 4.57. The molecule has 2 heterocycles. The van der Waals surface area contributed by atoms with Crippen LogP contribution in [0.2, 0.25) is 0 Å². The van der Waals surface area contributed by atoms with Crippen LogP contribution < -0.4 is 9.64 Å². The number of aliphatic carboxylic acids is 1. The van der Waals surface area contributed by atoms with E-state index in [0.29, 0.717) is 19.6 Å². The first-order valence-electron chi connectivity index (χ1n) is 6.41. The van der Waals surface area contributed by atoms with E-state index in [1.807, 2.05) is 18.2 Å². The lowest BCUT2D eigenvalue weighted by molar-refractivity contribution is -0.137. The number of hydrogen-bond donors (Lipinski definition) is 1. The largest absolute Gasteiger partial charge is 0.493 e. The number of carboxylic acids is 1. The van der Waals surface area contributed by atoms with E-state index >= 15 is 0 Å². The van der Waals surface area contributed by atoms with Crippen molar-refractivity contribution in [2.45, 2.75) is 19.3 Å². The predicted molar refractivity (Wildman–Crippen MR) is 68.4 cm³/mol. The Balaban J connectivity index is 1.79. The second-order valence-electron chi connectivity index (χ2n) is 5.06. The van der Waals surface area contributed by atoms with E-state index in [0.717, 1.165) is 23.4 Å². The summed E-state index contributed by atoms with van der Waals surface area (Å²) in [6.07, 6.45) is 1.24. The molecule has 1 atom stereocenters. The molecule has 0 bridgehead atoms. The molecule has 2 aliphatic heterocycles. The summed E-state index contributed by atoms with van der Waals surface area (Å²) in [5.74, 6) is -0.0425. The molecule has 1 N–H and O–H groups in total. The first kappa shape index (κ1) is 12.0. The molecule has 3 rings (SSSR count). The van der Waals surface area contributed by atoms with Crippen LogP contribution in [0.4, 0.5) is 5.69 Å². The molecule has 19 heavy (non-hydrogen) atoms. The third-order valence-electron chi connectivity index (χ3n) is 3.65. The molecule has 0 saturated carbocycles. The molecular weight excluding hydrogens is 246 g/mol. The SMILES string of the molecule is O=C(O)CC1CC(=O)N(c2ccc3c(c2)CCO3)C1. The van der Waals surface area contributed by atoms with Crippen LogP contribution >= 0.6 is 0 Å². The van der Waals surface area contributed by atoms with Gasteiger partial charge in [0.1, 0.15) is 5.75 Å². The summed E-state index contributed by atoms with van der Waals surface area (Å²) in [6, 6.07) is 5.73. The standard InChI is InChI=1S/C14H15NO4/c16-13-5-9(6-14(17)18)8-15(13)11-1-2-12-10(7-11)3-4-19-12/h1-2,7,9H,3-6,8H2,(H,17,18). The van der Waals surface area contributed by atoms with Crippen molar-refractivity contribution >= 4 is 17.6 Å². The topological polar surface area (TPSA) is 66.8 Å². The molecule has 5 nitrogen and oxygen atoms in total. The maximum absolute atomic E-state index is 12.0. The third kappa shape index (κ3) is 2.28. The maximum atomic E-state index is 12.0. The molecule has 1 aromatic carbocycles. The zero-order valence-corrected chi connectivity index (χ0v) is 10.5. The van der Waals surface area contributed by atoms with Gasteiger partial charge in [0.25, 0.3) is 0 Å². The number of benzene rings is 1. The van der Waals surface area contributed by atoms with Crippen molar-refractivity contribution in [2.24, 2.45) is 5.92 Å². The number of hydrogen-bond acceptors (Lipinski definition) is 3. The Morgan fingerprint density at radius 1 is 1.47 bits per heavy atom. The van der Waals surface area contributed by atoms with E-state index < -0.39 is 5.97 Å². The van der Waals surface area contributed by atoms with E-state index in [2.05, 4.69) is 0 Å². The van der Waals surface area contributed by atoms with Crippen LogP contribution in [-0.2, 0) is 16.0 Å². The maximum Gasteiger partial charge on any atom is 0.303 e. The Morgan fingerprint density at radius 2 is 2.32 bits per heavy atom. The average molecular weight is 261 g/mol. The zero-order valence-electron chi connectivity index (χ0n) is 10.5. The van der Waals surface area contributed by atoms with E-state index in [4.69, 9.17) is 9.84 Å². The van der Waals surface area contributed by atoms with Crippen LogP contribution in [0.5, 0.6) is 5.75 Å². The number of carboxylic acid groups (broad SMARTS) is 1. The molecule has 0 aliphatic carbocycles. The second-order valence-corrected chi connectivity index (χ2v) is 5.06. The molecule has 2 aliphatic rings. The van der Waals surface area contributed by atoms with E-state index in [-0.39, 0.29) is 18.2 Å². The van der Waals surface area contributed by atoms with Crippen molar-refractivity contribution in [1.82, 2.24) is 0 Å². The molecule has 1 unspecified atom stereocenters. The highest BCUT2D eigenvalue weighted by molar-refractivity contribution is 5.96. The molecule has 5 heteroatoms. The van der Waals surface area contributed by atoms with Gasteiger partial charge in [-0.3, -0.25) is 9.59 Å². The monoisotopic (exact) mass is 261 g/mol. The summed E-state index contributed by atoms with van der Waals surface area (Å²) >= 11 is 0. The van der Waals surface area contributed by atoms with E-state index in [9.17, 15) is 9.59 Å². The number of rotatable bonds is 3. The molecule has 1 saturated heterocycles. The number of carbonyl (C=O) groups is 2. The van der Waals surface area contributed by atoms with Gasteiger partial charge in [0.15, 0.2) is 0 Å². The van der Waals surface area contributed by atoms with Crippen LogP contribution in [0.15, 0.2) is 18.2 Å². The fraction of sp³-hybridized carbons (Fsp3) is 0.429. The van der Waals surface area contributed by atoms with Gasteiger partial charge in [0, 0.05) is 25.1 Å². The lowest BCUT2D eigenvalue weighted by Gasteiger charge is -2.17. The number of amides is 1. The Kier molecular flexibility index (Phi) is 2.89. The van der Waals surface area contributed by atoms with Gasteiger partial charge in [0.2, 0.25) is 5.91 Å². The Bertz CT molecular complexity index is 540. The van der Waals surface area contributed by atoms with Crippen LogP contribution in [0.1, 0.15) is 18.4 Å². The van der Waals surface area contributed by atoms with Gasteiger partial charge in [-0.05, 0) is 29.7 Å². The van der Waals surface area contributed by atoms with Crippen molar-refractivity contribution in [1.29, 1.82) is 0 Å². The summed E-state index contributed by atoms with van der Waals surface area (Å²) in [5, 5.41) is 8.80. The highest BCUT2D eigenvalue weighted by Crippen LogP contribution is 2.32. The fourth-order valence-electron chi connectivity index (χ4n) is 2.76. The minimum absolute atomic E-state index is 0.00474. The molecule has 1 aromatic rings. The highest BCUT2D eigenvalue weighted by atomic mass is 16.5. The quantitative estimate of drug-likeness (QED) is 0.894. The minimum atomic E-state index is -0.845. The summed E-state index contributed by atoms with van der Waals surface area (Å²) in [5.41, 5.74) is 1.97. The van der Waals surface area contributed by atoms with Crippen molar-refractivity contribution in [3.8, 4) is 5.75 Å². The molecular formula is C14H15NO4. The number of ether oxygens (including phenoxy) is 1. The first-order chi connectivity index (χ1) is 9.13. The summed E-state index contributed by atoms with van der Waals surface area (Å²) in [4.78, 5) is 24.4. The Labute approximate surface area is 110 Å². The van der Waals surface area contributed by atoms with E-state index in [1.54, 1.807) is 4.90 Å². The van der Waals surface area contributed by atoms with Crippen molar-refractivity contribution in [3.05, 3.63) is 23.8 Å². The highest BCUT2D eigenvalue weighted by Gasteiger charge is 2.32. The van der Waals surface area contributed by atoms with Gasteiger partial charge < -0.3 is 14.7 Å². The van der Waals surface area contributed by atoms with Crippen molar-refractivity contribution in [2.75, 3.05) is 18.1 Å². The smallest absolute Gasteiger partial charge is 0.303 e. The van der Waals surface area contributed by atoms with Gasteiger partial charge in [-0.15, -0.1) is 0 Å². The lowest BCUT2D eigenvalue weighted by Crippen LogP contribution is -2.24. The number of fused-ring (bicyclic) bond motifs is 1. The zero-order chi connectivity index (χ0) is 13.4. The summed E-state index contributed by atoms with van der Waals surface area (Å²) in [7, 11) is 0. The van der Waals surface area contributed by atoms with Crippen LogP contribution in [0, 0.1) is 5.92 Å². The normalized spacial score (nSPS) is 21.4. The van der Waals surface area contributed by atoms with Crippen LogP contribution in [-0.4, -0.2) is 30.1 Å². The molecule has 0 radical (unpaired) electrons. The number of nitrogens with zero attached hydrogens (tertiary/aromatic N) is 1. The van der Waals surface area contributed by atoms with Crippen LogP contribution in [0.3, 0.4) is 0 Å². The minimum Gasteiger partial charge on any atom is -0.493 e. The molecule has 0 spiro atoms. The predicted octanol–water partition coefficient (Wildman–Crippen LogP) is 1.45. The fourth-order valence-corrected chi connectivity index (χ4v) is 2.76. The number of carbonyl (C=O) groups excluding carboxylic acids is 1. The average Bonchev–Trinajstić information content (AvgIpc) is 2.93.